The van der Waals surface area contributed by atoms with E-state index in [1.165, 1.54) is 31.4 Å². The van der Waals surface area contributed by atoms with E-state index in [1.807, 2.05) is 30.3 Å². The molecular weight excluding hydrogens is 436 g/mol. The summed E-state index contributed by atoms with van der Waals surface area (Å²) in [4.78, 5) is 41.9. The number of esters is 1. The molecule has 2 aromatic carbocycles. The van der Waals surface area contributed by atoms with Gasteiger partial charge in [0.15, 0.2) is 0 Å². The Bertz CT molecular complexity index is 1450. The number of nitrogens with zero attached hydrogens (tertiary/aromatic N) is 1. The van der Waals surface area contributed by atoms with Gasteiger partial charge in [-0.3, -0.25) is 4.79 Å². The molecule has 0 aliphatic rings. The number of hydrogen-bond donors (Lipinski definition) is 1. The van der Waals surface area contributed by atoms with Crippen molar-refractivity contribution in [1.82, 2.24) is 10.3 Å². The summed E-state index contributed by atoms with van der Waals surface area (Å²) in [6, 6.07) is 14.8. The van der Waals surface area contributed by atoms with Gasteiger partial charge in [-0.25, -0.2) is 14.6 Å². The molecule has 0 radical (unpaired) electrons. The normalized spacial score (nSPS) is 12.4. The van der Waals surface area contributed by atoms with Gasteiger partial charge < -0.3 is 19.2 Å². The smallest absolute Gasteiger partial charge is 0.408 e. The fourth-order valence-electron chi connectivity index (χ4n) is 3.31. The van der Waals surface area contributed by atoms with Crippen LogP contribution in [0.15, 0.2) is 70.1 Å². The van der Waals surface area contributed by atoms with Gasteiger partial charge >= 0.3 is 12.1 Å². The van der Waals surface area contributed by atoms with E-state index in [4.69, 9.17) is 13.9 Å². The first-order chi connectivity index (χ1) is 16.1. The van der Waals surface area contributed by atoms with Crippen LogP contribution in [0.25, 0.3) is 33.1 Å². The predicted molar refractivity (Wildman–Crippen MR) is 128 cm³/mol. The molecule has 4 aromatic rings. The van der Waals surface area contributed by atoms with Crippen molar-refractivity contribution in [3.63, 3.8) is 0 Å². The predicted octanol–water partition coefficient (Wildman–Crippen LogP) is 4.83. The van der Waals surface area contributed by atoms with E-state index in [0.29, 0.717) is 16.6 Å². The monoisotopic (exact) mass is 460 g/mol. The Morgan fingerprint density at radius 2 is 1.82 bits per heavy atom. The van der Waals surface area contributed by atoms with Crippen molar-refractivity contribution in [3.8, 4) is 17.0 Å². The highest BCUT2D eigenvalue weighted by Crippen LogP contribution is 2.24. The minimum Gasteiger partial charge on any atom is -0.463 e. The second-order valence-corrected chi connectivity index (χ2v) is 8.81. The summed E-state index contributed by atoms with van der Waals surface area (Å²) in [5.41, 5.74) is 0.931. The summed E-state index contributed by atoms with van der Waals surface area (Å²) in [7, 11) is 0. The van der Waals surface area contributed by atoms with E-state index in [2.05, 4.69) is 10.3 Å². The van der Waals surface area contributed by atoms with Crippen molar-refractivity contribution in [3.05, 3.63) is 71.1 Å². The number of pyridine rings is 1. The van der Waals surface area contributed by atoms with E-state index >= 15 is 0 Å². The molecule has 0 fully saturated rings. The second-order valence-electron chi connectivity index (χ2n) is 8.81. The maximum Gasteiger partial charge on any atom is 0.408 e. The maximum atomic E-state index is 13.1. The molecule has 4 rings (SSSR count). The number of para-hydroxylation sites is 1. The van der Waals surface area contributed by atoms with Gasteiger partial charge in [-0.05, 0) is 52.0 Å². The molecule has 0 saturated carbocycles. The van der Waals surface area contributed by atoms with Crippen molar-refractivity contribution < 1.29 is 23.5 Å². The standard InChI is InChI=1S/C26H24N2O6/c1-15(27-25(31)34-26(2,3)4)24(30)33-17-10-11-18-22(13-17)32-14-19(23(18)29)21-12-9-16-7-5-6-8-20(16)28-21/h5-15H,1-4H3,(H,27,31)/t15-/m1/s1. The lowest BCUT2D eigenvalue weighted by atomic mass is 10.1. The zero-order valence-corrected chi connectivity index (χ0v) is 19.2. The number of carbonyl (C=O) groups is 2. The summed E-state index contributed by atoms with van der Waals surface area (Å²) in [5.74, 6) is -0.514. The number of amides is 1. The molecule has 2 heterocycles. The van der Waals surface area contributed by atoms with Crippen LogP contribution in [0, 0.1) is 0 Å². The first-order valence-corrected chi connectivity index (χ1v) is 10.7. The van der Waals surface area contributed by atoms with E-state index in [1.54, 1.807) is 26.8 Å². The maximum absolute atomic E-state index is 13.1. The third kappa shape index (κ3) is 5.06. The molecule has 2 aromatic heterocycles. The van der Waals surface area contributed by atoms with Crippen LogP contribution in [0.3, 0.4) is 0 Å². The topological polar surface area (TPSA) is 108 Å². The second kappa shape index (κ2) is 8.97. The molecule has 174 valence electrons. The number of nitrogens with one attached hydrogen (secondary N) is 1. The number of benzene rings is 2. The zero-order valence-electron chi connectivity index (χ0n) is 19.2. The van der Waals surface area contributed by atoms with Gasteiger partial charge in [0.1, 0.15) is 29.2 Å². The Labute approximate surface area is 195 Å². The van der Waals surface area contributed by atoms with Gasteiger partial charge in [-0.15, -0.1) is 0 Å². The molecule has 0 spiro atoms. The molecule has 0 unspecified atom stereocenters. The van der Waals surface area contributed by atoms with Crippen LogP contribution < -0.4 is 15.5 Å². The summed E-state index contributed by atoms with van der Waals surface area (Å²) in [6.45, 7) is 6.65. The van der Waals surface area contributed by atoms with Crippen LogP contribution >= 0.6 is 0 Å². The van der Waals surface area contributed by atoms with Crippen molar-refractivity contribution in [2.45, 2.75) is 39.3 Å². The van der Waals surface area contributed by atoms with E-state index in [9.17, 15) is 14.4 Å². The van der Waals surface area contributed by atoms with Crippen LogP contribution in [-0.2, 0) is 9.53 Å². The van der Waals surface area contributed by atoms with Gasteiger partial charge in [0.25, 0.3) is 0 Å². The minimum absolute atomic E-state index is 0.176. The third-order valence-corrected chi connectivity index (χ3v) is 4.93. The lowest BCUT2D eigenvalue weighted by Gasteiger charge is -2.21. The Morgan fingerprint density at radius 3 is 2.59 bits per heavy atom. The number of carbonyl (C=O) groups excluding carboxylic acids is 2. The lowest BCUT2D eigenvalue weighted by Crippen LogP contribution is -2.43. The van der Waals surface area contributed by atoms with Crippen LogP contribution in [0.1, 0.15) is 27.7 Å². The minimum atomic E-state index is -0.945. The zero-order chi connectivity index (χ0) is 24.5. The fourth-order valence-corrected chi connectivity index (χ4v) is 3.31. The van der Waals surface area contributed by atoms with Crippen LogP contribution in [0.5, 0.6) is 5.75 Å². The van der Waals surface area contributed by atoms with Crippen molar-refractivity contribution in [2.24, 2.45) is 0 Å². The molecule has 0 bridgehead atoms. The number of ether oxygens (including phenoxy) is 2. The Balaban J connectivity index is 1.54. The molecule has 1 atom stereocenters. The van der Waals surface area contributed by atoms with E-state index in [-0.39, 0.29) is 16.8 Å². The first-order valence-electron chi connectivity index (χ1n) is 10.7. The quantitative estimate of drug-likeness (QED) is 0.343. The summed E-state index contributed by atoms with van der Waals surface area (Å²) in [6.07, 6.45) is 0.622. The number of alkyl carbamates (subject to hydrolysis) is 1. The van der Waals surface area contributed by atoms with E-state index in [0.717, 1.165) is 10.9 Å². The van der Waals surface area contributed by atoms with Crippen molar-refractivity contribution >= 4 is 33.9 Å². The van der Waals surface area contributed by atoms with Crippen molar-refractivity contribution in [1.29, 1.82) is 0 Å². The van der Waals surface area contributed by atoms with Crippen LogP contribution in [0.2, 0.25) is 0 Å². The summed E-state index contributed by atoms with van der Waals surface area (Å²) < 4.78 is 16.1. The number of rotatable bonds is 4. The van der Waals surface area contributed by atoms with Crippen LogP contribution in [-0.4, -0.2) is 28.7 Å². The van der Waals surface area contributed by atoms with Crippen molar-refractivity contribution in [2.75, 3.05) is 0 Å². The highest BCUT2D eigenvalue weighted by molar-refractivity contribution is 5.86. The molecule has 1 N–H and O–H groups in total. The summed E-state index contributed by atoms with van der Waals surface area (Å²) in [5, 5.41) is 3.72. The van der Waals surface area contributed by atoms with Gasteiger partial charge in [0, 0.05) is 11.5 Å². The van der Waals surface area contributed by atoms with E-state index < -0.39 is 23.7 Å². The third-order valence-electron chi connectivity index (χ3n) is 4.93. The average molecular weight is 460 g/mol. The van der Waals surface area contributed by atoms with Gasteiger partial charge in [-0.1, -0.05) is 24.3 Å². The first kappa shape index (κ1) is 23.0. The molecule has 0 saturated heterocycles. The Kier molecular flexibility index (Phi) is 6.06. The number of hydrogen-bond acceptors (Lipinski definition) is 7. The molecule has 1 amide bonds. The number of aromatic nitrogens is 1. The molecule has 8 heteroatoms. The van der Waals surface area contributed by atoms with Crippen LogP contribution in [0.4, 0.5) is 4.79 Å². The largest absolute Gasteiger partial charge is 0.463 e. The molecule has 0 aliphatic carbocycles. The van der Waals surface area contributed by atoms with Gasteiger partial charge in [-0.2, -0.15) is 0 Å². The highest BCUT2D eigenvalue weighted by atomic mass is 16.6. The molecule has 0 aliphatic heterocycles. The SMILES string of the molecule is C[C@@H](NC(=O)OC(C)(C)C)C(=O)Oc1ccc2c(=O)c(-c3ccc4ccccc4n3)coc2c1. The summed E-state index contributed by atoms with van der Waals surface area (Å²) >= 11 is 0. The molecule has 8 nitrogen and oxygen atoms in total. The number of fused-ring (bicyclic) bond motifs is 2. The van der Waals surface area contributed by atoms with Gasteiger partial charge in [0.2, 0.25) is 5.43 Å². The fraction of sp³-hybridized carbons (Fsp3) is 0.231. The Morgan fingerprint density at radius 1 is 1.06 bits per heavy atom. The molecular formula is C26H24N2O6. The molecule has 34 heavy (non-hydrogen) atoms. The lowest BCUT2D eigenvalue weighted by molar-refractivity contribution is -0.136. The average Bonchev–Trinajstić information content (AvgIpc) is 2.77. The van der Waals surface area contributed by atoms with Gasteiger partial charge in [0.05, 0.1) is 22.2 Å². The Hall–Kier alpha value is -4.20. The highest BCUT2D eigenvalue weighted by Gasteiger charge is 2.22.